The normalized spacial score (nSPS) is 10.1. The molecule has 1 N–H and O–H groups in total. The first kappa shape index (κ1) is 12.3. The number of halogens is 1. The zero-order valence-electron chi connectivity index (χ0n) is 9.21. The van der Waals surface area contributed by atoms with Gasteiger partial charge in [-0.1, -0.05) is 11.6 Å². The van der Waals surface area contributed by atoms with E-state index in [1.807, 2.05) is 0 Å². The summed E-state index contributed by atoms with van der Waals surface area (Å²) in [5, 5.41) is 9.31. The Morgan fingerprint density at radius 2 is 2.17 bits per heavy atom. The van der Waals surface area contributed by atoms with E-state index in [0.717, 1.165) is 5.56 Å². The van der Waals surface area contributed by atoms with Crippen LogP contribution in [-0.4, -0.2) is 21.0 Å². The topological polar surface area (TPSA) is 72.3 Å². The van der Waals surface area contributed by atoms with Crippen molar-refractivity contribution in [1.82, 2.24) is 9.97 Å². The number of carboxylic acid groups (broad SMARTS) is 1. The predicted molar refractivity (Wildman–Crippen MR) is 64.8 cm³/mol. The number of aromatic nitrogens is 2. The fourth-order valence-corrected chi connectivity index (χ4v) is 1.47. The molecule has 0 fully saturated rings. The third-order valence-corrected chi connectivity index (χ3v) is 2.55. The van der Waals surface area contributed by atoms with Crippen LogP contribution in [0, 0.1) is 0 Å². The van der Waals surface area contributed by atoms with E-state index in [9.17, 15) is 4.79 Å². The van der Waals surface area contributed by atoms with Crippen molar-refractivity contribution in [1.29, 1.82) is 0 Å². The lowest BCUT2D eigenvalue weighted by Gasteiger charge is -2.07. The van der Waals surface area contributed by atoms with Gasteiger partial charge < -0.3 is 9.84 Å². The maximum absolute atomic E-state index is 10.8. The van der Waals surface area contributed by atoms with Gasteiger partial charge in [-0.3, -0.25) is 9.97 Å². The van der Waals surface area contributed by atoms with Crippen LogP contribution in [-0.2, 0) is 6.61 Å². The predicted octanol–water partition coefficient (Wildman–Crippen LogP) is 2.41. The van der Waals surface area contributed by atoms with Crippen LogP contribution >= 0.6 is 11.6 Å². The van der Waals surface area contributed by atoms with Crippen molar-refractivity contribution in [3.8, 4) is 5.75 Å². The number of hydrogen-bond acceptors (Lipinski definition) is 4. The number of nitrogens with zero attached hydrogens (tertiary/aromatic N) is 2. The van der Waals surface area contributed by atoms with Gasteiger partial charge in [0.2, 0.25) is 0 Å². The average Bonchev–Trinajstić information content (AvgIpc) is 2.38. The molecule has 5 nitrogen and oxygen atoms in total. The molecule has 92 valence electrons. The highest BCUT2D eigenvalue weighted by Crippen LogP contribution is 2.17. The van der Waals surface area contributed by atoms with Crippen molar-refractivity contribution >= 4 is 17.6 Å². The zero-order valence-corrected chi connectivity index (χ0v) is 9.96. The number of ether oxygens (including phenoxy) is 1. The van der Waals surface area contributed by atoms with E-state index >= 15 is 0 Å². The van der Waals surface area contributed by atoms with E-state index in [-0.39, 0.29) is 12.2 Å². The third kappa shape index (κ3) is 2.95. The molecule has 2 aromatic heterocycles. The van der Waals surface area contributed by atoms with Crippen LogP contribution in [0.15, 0.2) is 36.9 Å². The van der Waals surface area contributed by atoms with Crippen LogP contribution in [0.2, 0.25) is 5.02 Å². The third-order valence-electron chi connectivity index (χ3n) is 2.21. The number of aromatic carboxylic acids is 1. The molecule has 2 heterocycles. The Hall–Kier alpha value is -2.14. The lowest BCUT2D eigenvalue weighted by Crippen LogP contribution is -2.00. The van der Waals surface area contributed by atoms with Gasteiger partial charge >= 0.3 is 5.97 Å². The second kappa shape index (κ2) is 5.46. The second-order valence-corrected chi connectivity index (χ2v) is 3.88. The zero-order chi connectivity index (χ0) is 13.0. The van der Waals surface area contributed by atoms with Gasteiger partial charge in [0.25, 0.3) is 0 Å². The van der Waals surface area contributed by atoms with E-state index in [1.54, 1.807) is 12.3 Å². The first-order chi connectivity index (χ1) is 8.66. The lowest BCUT2D eigenvalue weighted by molar-refractivity contribution is 0.0696. The summed E-state index contributed by atoms with van der Waals surface area (Å²) >= 11 is 5.92. The molecule has 0 radical (unpaired) electrons. The van der Waals surface area contributed by atoms with Gasteiger partial charge in [-0.2, -0.15) is 0 Å². The Morgan fingerprint density at radius 1 is 1.33 bits per heavy atom. The molecule has 0 spiro atoms. The molecule has 0 aromatic carbocycles. The van der Waals surface area contributed by atoms with E-state index < -0.39 is 5.97 Å². The highest BCUT2D eigenvalue weighted by atomic mass is 35.5. The van der Waals surface area contributed by atoms with Crippen LogP contribution in [0.4, 0.5) is 0 Å². The smallest absolute Gasteiger partial charge is 0.337 e. The van der Waals surface area contributed by atoms with Crippen LogP contribution in [0.3, 0.4) is 0 Å². The van der Waals surface area contributed by atoms with E-state index in [2.05, 4.69) is 9.97 Å². The Balaban J connectivity index is 2.09. The van der Waals surface area contributed by atoms with Gasteiger partial charge in [-0.25, -0.2) is 4.79 Å². The summed E-state index contributed by atoms with van der Waals surface area (Å²) in [5.41, 5.74) is 0.848. The molecule has 18 heavy (non-hydrogen) atoms. The summed E-state index contributed by atoms with van der Waals surface area (Å²) < 4.78 is 5.43. The highest BCUT2D eigenvalue weighted by molar-refractivity contribution is 6.31. The van der Waals surface area contributed by atoms with Gasteiger partial charge in [0, 0.05) is 24.2 Å². The minimum Gasteiger partial charge on any atom is -0.487 e. The first-order valence-electron chi connectivity index (χ1n) is 5.06. The monoisotopic (exact) mass is 264 g/mol. The molecule has 0 unspecified atom stereocenters. The van der Waals surface area contributed by atoms with Gasteiger partial charge in [-0.15, -0.1) is 0 Å². The molecule has 0 bridgehead atoms. The summed E-state index contributed by atoms with van der Waals surface area (Å²) in [6.45, 7) is 0.228. The van der Waals surface area contributed by atoms with Gasteiger partial charge in [0.15, 0.2) is 0 Å². The summed E-state index contributed by atoms with van der Waals surface area (Å²) in [7, 11) is 0. The molecule has 0 aliphatic rings. The molecular weight excluding hydrogens is 256 g/mol. The minimum absolute atomic E-state index is 0.0772. The molecule has 0 atom stereocenters. The van der Waals surface area contributed by atoms with E-state index in [0.29, 0.717) is 10.8 Å². The van der Waals surface area contributed by atoms with Gasteiger partial charge in [0.1, 0.15) is 12.4 Å². The van der Waals surface area contributed by atoms with Crippen molar-refractivity contribution in [3.63, 3.8) is 0 Å². The Bertz CT molecular complexity index is 575. The number of hydrogen-bond donors (Lipinski definition) is 1. The summed E-state index contributed by atoms with van der Waals surface area (Å²) in [5.74, 6) is -0.669. The summed E-state index contributed by atoms with van der Waals surface area (Å²) in [4.78, 5) is 18.4. The lowest BCUT2D eigenvalue weighted by atomic mass is 10.2. The molecule has 2 aromatic rings. The van der Waals surface area contributed by atoms with Crippen LogP contribution in [0.5, 0.6) is 5.75 Å². The second-order valence-electron chi connectivity index (χ2n) is 3.47. The minimum atomic E-state index is -1.05. The van der Waals surface area contributed by atoms with Gasteiger partial charge in [-0.05, 0) is 12.1 Å². The van der Waals surface area contributed by atoms with Crippen LogP contribution in [0.1, 0.15) is 15.9 Å². The first-order valence-corrected chi connectivity index (χ1v) is 5.44. The Kier molecular flexibility index (Phi) is 3.74. The Morgan fingerprint density at radius 3 is 2.89 bits per heavy atom. The van der Waals surface area contributed by atoms with Crippen LogP contribution < -0.4 is 4.74 Å². The van der Waals surface area contributed by atoms with E-state index in [4.69, 9.17) is 21.4 Å². The van der Waals surface area contributed by atoms with Crippen molar-refractivity contribution in [2.45, 2.75) is 6.61 Å². The van der Waals surface area contributed by atoms with Gasteiger partial charge in [0.05, 0.1) is 16.8 Å². The average molecular weight is 265 g/mol. The van der Waals surface area contributed by atoms with Crippen molar-refractivity contribution in [2.75, 3.05) is 0 Å². The molecule has 2 rings (SSSR count). The molecule has 0 saturated heterocycles. The quantitative estimate of drug-likeness (QED) is 0.918. The molecular formula is C12H9ClN2O3. The highest BCUT2D eigenvalue weighted by Gasteiger charge is 2.06. The molecule has 6 heteroatoms. The standard InChI is InChI=1S/C12H9ClN2O3/c13-11-6-14-2-1-8(11)7-18-10-3-9(12(16)17)4-15-5-10/h1-6H,7H2,(H,16,17). The maximum atomic E-state index is 10.8. The number of pyridine rings is 2. The molecule has 0 saturated carbocycles. The van der Waals surface area contributed by atoms with E-state index in [1.165, 1.54) is 24.7 Å². The largest absolute Gasteiger partial charge is 0.487 e. The van der Waals surface area contributed by atoms with Crippen molar-refractivity contribution in [3.05, 3.63) is 53.1 Å². The Labute approximate surface area is 108 Å². The number of carboxylic acids is 1. The SMILES string of the molecule is O=C(O)c1cncc(OCc2ccncc2Cl)c1. The molecule has 0 aliphatic carbocycles. The fourth-order valence-electron chi connectivity index (χ4n) is 1.30. The molecule has 0 aliphatic heterocycles. The number of carbonyl (C=O) groups is 1. The summed E-state index contributed by atoms with van der Waals surface area (Å²) in [6, 6.07) is 3.14. The molecule has 0 amide bonds. The fraction of sp³-hybridized carbons (Fsp3) is 0.0833. The van der Waals surface area contributed by atoms with Crippen LogP contribution in [0.25, 0.3) is 0 Å². The van der Waals surface area contributed by atoms with Crippen molar-refractivity contribution < 1.29 is 14.6 Å². The van der Waals surface area contributed by atoms with Crippen molar-refractivity contribution in [2.24, 2.45) is 0 Å². The maximum Gasteiger partial charge on any atom is 0.337 e. The summed E-state index contributed by atoms with van der Waals surface area (Å²) in [6.07, 6.45) is 5.83. The number of rotatable bonds is 4.